The Kier molecular flexibility index (Phi) is 4.18. The largest absolute Gasteiger partial charge is 0.376 e. The summed E-state index contributed by atoms with van der Waals surface area (Å²) in [5, 5.41) is 3.12. The SMILES string of the molecule is CC1CN(CC(=O)NC2CCCC2)CCO1. The lowest BCUT2D eigenvalue weighted by atomic mass is 10.2. The summed E-state index contributed by atoms with van der Waals surface area (Å²) in [5.74, 6) is 0.181. The third kappa shape index (κ3) is 3.46. The third-order valence-corrected chi connectivity index (χ3v) is 3.41. The summed E-state index contributed by atoms with van der Waals surface area (Å²) in [6.45, 7) is 5.09. The van der Waals surface area contributed by atoms with Gasteiger partial charge in [-0.2, -0.15) is 0 Å². The third-order valence-electron chi connectivity index (χ3n) is 3.41. The van der Waals surface area contributed by atoms with Crippen LogP contribution in [0, 0.1) is 0 Å². The van der Waals surface area contributed by atoms with Crippen LogP contribution < -0.4 is 5.32 Å². The topological polar surface area (TPSA) is 41.6 Å². The van der Waals surface area contributed by atoms with Gasteiger partial charge >= 0.3 is 0 Å². The number of carbonyl (C=O) groups is 1. The number of nitrogens with zero attached hydrogens (tertiary/aromatic N) is 1. The fraction of sp³-hybridized carbons (Fsp3) is 0.917. The number of ether oxygens (including phenoxy) is 1. The molecule has 1 saturated carbocycles. The van der Waals surface area contributed by atoms with Crippen LogP contribution >= 0.6 is 0 Å². The quantitative estimate of drug-likeness (QED) is 0.772. The molecule has 0 aromatic heterocycles. The van der Waals surface area contributed by atoms with E-state index in [2.05, 4.69) is 17.1 Å². The summed E-state index contributed by atoms with van der Waals surface area (Å²) in [5.41, 5.74) is 0. The first kappa shape index (κ1) is 11.9. The molecule has 2 rings (SSSR count). The highest BCUT2D eigenvalue weighted by Gasteiger charge is 2.21. The summed E-state index contributed by atoms with van der Waals surface area (Å²) in [6, 6.07) is 0.436. The predicted molar refractivity (Wildman–Crippen MR) is 62.3 cm³/mol. The van der Waals surface area contributed by atoms with Crippen molar-refractivity contribution in [2.45, 2.75) is 44.8 Å². The lowest BCUT2D eigenvalue weighted by Crippen LogP contribution is -2.47. The average molecular weight is 226 g/mol. The number of rotatable bonds is 3. The Morgan fingerprint density at radius 1 is 1.44 bits per heavy atom. The van der Waals surface area contributed by atoms with Gasteiger partial charge in [0.15, 0.2) is 0 Å². The molecule has 2 fully saturated rings. The molecule has 1 heterocycles. The molecule has 0 radical (unpaired) electrons. The number of nitrogens with one attached hydrogen (secondary N) is 1. The Bertz CT molecular complexity index is 239. The highest BCUT2D eigenvalue weighted by atomic mass is 16.5. The Balaban J connectivity index is 1.69. The van der Waals surface area contributed by atoms with Crippen LogP contribution in [0.15, 0.2) is 0 Å². The van der Waals surface area contributed by atoms with Gasteiger partial charge in [0.2, 0.25) is 5.91 Å². The van der Waals surface area contributed by atoms with Gasteiger partial charge in [-0.3, -0.25) is 9.69 Å². The summed E-state index contributed by atoms with van der Waals surface area (Å²) >= 11 is 0. The second-order valence-electron chi connectivity index (χ2n) is 4.97. The number of amides is 1. The second kappa shape index (κ2) is 5.64. The van der Waals surface area contributed by atoms with Gasteiger partial charge < -0.3 is 10.1 Å². The summed E-state index contributed by atoms with van der Waals surface area (Å²) < 4.78 is 5.45. The molecule has 1 amide bonds. The van der Waals surface area contributed by atoms with E-state index in [1.807, 2.05) is 0 Å². The van der Waals surface area contributed by atoms with Crippen molar-refractivity contribution in [1.82, 2.24) is 10.2 Å². The number of hydrogen-bond donors (Lipinski definition) is 1. The van der Waals surface area contributed by atoms with Crippen LogP contribution in [0.2, 0.25) is 0 Å². The van der Waals surface area contributed by atoms with Crippen molar-refractivity contribution in [3.8, 4) is 0 Å². The zero-order valence-electron chi connectivity index (χ0n) is 10.1. The maximum absolute atomic E-state index is 11.8. The van der Waals surface area contributed by atoms with Crippen molar-refractivity contribution < 1.29 is 9.53 Å². The van der Waals surface area contributed by atoms with E-state index in [0.29, 0.717) is 12.6 Å². The first-order valence-electron chi connectivity index (χ1n) is 6.37. The molecule has 1 aliphatic carbocycles. The van der Waals surface area contributed by atoms with E-state index in [-0.39, 0.29) is 12.0 Å². The minimum absolute atomic E-state index is 0.181. The average Bonchev–Trinajstić information content (AvgIpc) is 2.70. The smallest absolute Gasteiger partial charge is 0.234 e. The first-order valence-corrected chi connectivity index (χ1v) is 6.37. The Labute approximate surface area is 97.3 Å². The minimum Gasteiger partial charge on any atom is -0.376 e. The molecule has 1 aliphatic heterocycles. The van der Waals surface area contributed by atoms with Crippen molar-refractivity contribution in [1.29, 1.82) is 0 Å². The molecule has 2 aliphatic rings. The molecule has 1 saturated heterocycles. The molecule has 1 unspecified atom stereocenters. The van der Waals surface area contributed by atoms with E-state index in [1.54, 1.807) is 0 Å². The van der Waals surface area contributed by atoms with Gasteiger partial charge in [0.1, 0.15) is 0 Å². The van der Waals surface area contributed by atoms with Crippen molar-refractivity contribution in [2.75, 3.05) is 26.2 Å². The van der Waals surface area contributed by atoms with Crippen LogP contribution in [0.5, 0.6) is 0 Å². The Morgan fingerprint density at radius 2 is 2.19 bits per heavy atom. The molecule has 0 spiro atoms. The van der Waals surface area contributed by atoms with Crippen molar-refractivity contribution >= 4 is 5.91 Å². The Morgan fingerprint density at radius 3 is 2.88 bits per heavy atom. The van der Waals surface area contributed by atoms with Gasteiger partial charge in [-0.05, 0) is 19.8 Å². The van der Waals surface area contributed by atoms with E-state index >= 15 is 0 Å². The zero-order chi connectivity index (χ0) is 11.4. The van der Waals surface area contributed by atoms with Crippen LogP contribution in [0.25, 0.3) is 0 Å². The monoisotopic (exact) mass is 226 g/mol. The zero-order valence-corrected chi connectivity index (χ0v) is 10.1. The molecule has 1 atom stereocenters. The molecule has 16 heavy (non-hydrogen) atoms. The normalized spacial score (nSPS) is 28.2. The summed E-state index contributed by atoms with van der Waals surface area (Å²) in [4.78, 5) is 14.0. The van der Waals surface area contributed by atoms with Crippen LogP contribution in [-0.4, -0.2) is 49.2 Å². The van der Waals surface area contributed by atoms with Crippen molar-refractivity contribution in [3.05, 3.63) is 0 Å². The van der Waals surface area contributed by atoms with Crippen LogP contribution in [-0.2, 0) is 9.53 Å². The second-order valence-corrected chi connectivity index (χ2v) is 4.97. The number of morpholine rings is 1. The summed E-state index contributed by atoms with van der Waals surface area (Å²) in [7, 11) is 0. The van der Waals surface area contributed by atoms with Gasteiger partial charge in [-0.15, -0.1) is 0 Å². The van der Waals surface area contributed by atoms with Gasteiger partial charge in [-0.25, -0.2) is 0 Å². The lowest BCUT2D eigenvalue weighted by Gasteiger charge is -2.30. The minimum atomic E-state index is 0.181. The van der Waals surface area contributed by atoms with Gasteiger partial charge in [-0.1, -0.05) is 12.8 Å². The fourth-order valence-corrected chi connectivity index (χ4v) is 2.58. The maximum atomic E-state index is 11.8. The highest BCUT2D eigenvalue weighted by Crippen LogP contribution is 2.17. The van der Waals surface area contributed by atoms with Crippen molar-refractivity contribution in [2.24, 2.45) is 0 Å². The maximum Gasteiger partial charge on any atom is 0.234 e. The van der Waals surface area contributed by atoms with Crippen LogP contribution in [0.4, 0.5) is 0 Å². The standard InChI is InChI=1S/C12H22N2O2/c1-10-8-14(6-7-16-10)9-12(15)13-11-4-2-3-5-11/h10-11H,2-9H2,1H3,(H,13,15). The van der Waals surface area contributed by atoms with Crippen molar-refractivity contribution in [3.63, 3.8) is 0 Å². The lowest BCUT2D eigenvalue weighted by molar-refractivity contribution is -0.124. The van der Waals surface area contributed by atoms with E-state index in [0.717, 1.165) is 32.5 Å². The first-order chi connectivity index (χ1) is 7.74. The molecular formula is C12H22N2O2. The molecule has 0 aromatic rings. The molecular weight excluding hydrogens is 204 g/mol. The van der Waals surface area contributed by atoms with E-state index in [4.69, 9.17) is 4.74 Å². The number of hydrogen-bond acceptors (Lipinski definition) is 3. The molecule has 0 aromatic carbocycles. The highest BCUT2D eigenvalue weighted by molar-refractivity contribution is 5.78. The van der Waals surface area contributed by atoms with Crippen LogP contribution in [0.1, 0.15) is 32.6 Å². The Hall–Kier alpha value is -0.610. The van der Waals surface area contributed by atoms with E-state index < -0.39 is 0 Å². The van der Waals surface area contributed by atoms with Gasteiger partial charge in [0.05, 0.1) is 19.3 Å². The summed E-state index contributed by atoms with van der Waals surface area (Å²) in [6.07, 6.45) is 5.10. The molecule has 4 nitrogen and oxygen atoms in total. The van der Waals surface area contributed by atoms with Crippen LogP contribution in [0.3, 0.4) is 0 Å². The van der Waals surface area contributed by atoms with Gasteiger partial charge in [0, 0.05) is 19.1 Å². The molecule has 1 N–H and O–H groups in total. The van der Waals surface area contributed by atoms with E-state index in [1.165, 1.54) is 12.8 Å². The number of carbonyl (C=O) groups excluding carboxylic acids is 1. The predicted octanol–water partition coefficient (Wildman–Crippen LogP) is 0.766. The van der Waals surface area contributed by atoms with E-state index in [9.17, 15) is 4.79 Å². The molecule has 0 bridgehead atoms. The van der Waals surface area contributed by atoms with Gasteiger partial charge in [0.25, 0.3) is 0 Å². The fourth-order valence-electron chi connectivity index (χ4n) is 2.58. The molecule has 4 heteroatoms. The molecule has 92 valence electrons.